The van der Waals surface area contributed by atoms with E-state index in [2.05, 4.69) is 40.9 Å². The van der Waals surface area contributed by atoms with Crippen LogP contribution in [-0.4, -0.2) is 63.8 Å². The summed E-state index contributed by atoms with van der Waals surface area (Å²) in [6.45, 7) is 0.870. The average Bonchev–Trinajstić information content (AvgIpc) is 3.32. The lowest BCUT2D eigenvalue weighted by molar-refractivity contribution is -0.155. The van der Waals surface area contributed by atoms with Gasteiger partial charge in [0.15, 0.2) is 0 Å². The number of aromatic nitrogens is 5. The minimum absolute atomic E-state index is 0.173. The summed E-state index contributed by atoms with van der Waals surface area (Å²) < 4.78 is 39.5. The molecule has 12 heteroatoms. The van der Waals surface area contributed by atoms with Crippen molar-refractivity contribution in [2.75, 3.05) is 42.2 Å². The van der Waals surface area contributed by atoms with E-state index in [0.717, 1.165) is 22.3 Å². The number of anilines is 3. The lowest BCUT2D eigenvalue weighted by Crippen LogP contribution is -2.57. The summed E-state index contributed by atoms with van der Waals surface area (Å²) >= 11 is 0. The molecule has 9 nitrogen and oxygen atoms in total. The molecule has 4 N–H and O–H groups in total. The Balaban J connectivity index is 1.37. The predicted molar refractivity (Wildman–Crippen MR) is 128 cm³/mol. The molecule has 1 saturated heterocycles. The molecule has 1 aliphatic rings. The maximum atomic E-state index is 13.2. The summed E-state index contributed by atoms with van der Waals surface area (Å²) in [5.41, 5.74) is 3.24. The predicted octanol–water partition coefficient (Wildman–Crippen LogP) is 3.41. The molecule has 0 aromatic carbocycles. The largest absolute Gasteiger partial charge is 0.405 e. The molecular weight excluding hydrogens is 459 g/mol. The van der Waals surface area contributed by atoms with Gasteiger partial charge in [-0.15, -0.1) is 0 Å². The maximum absolute atomic E-state index is 13.2. The Morgan fingerprint density at radius 3 is 2.89 bits per heavy atom. The first kappa shape index (κ1) is 22.8. The molecule has 5 heterocycles. The normalized spacial score (nSPS) is 16.5. The number of alkyl halides is 3. The summed E-state index contributed by atoms with van der Waals surface area (Å²) in [6.07, 6.45) is 0.775. The van der Waals surface area contributed by atoms with Crippen LogP contribution < -0.4 is 20.9 Å². The van der Waals surface area contributed by atoms with Gasteiger partial charge in [-0.1, -0.05) is 6.07 Å². The molecule has 0 spiro atoms. The highest BCUT2D eigenvalue weighted by molar-refractivity contribution is 6.01. The molecular formula is C23H24F3N9. The quantitative estimate of drug-likeness (QED) is 0.331. The SMILES string of the molecule is CNc1cc(-c2c[nH]c3ncnc(NCc4cccc(N5CCNC(C(F)(F)F)C5)n4)c23)ccn1. The Bertz CT molecular complexity index is 1320. The Labute approximate surface area is 199 Å². The van der Waals surface area contributed by atoms with Crippen LogP contribution in [0.4, 0.5) is 30.6 Å². The zero-order chi connectivity index (χ0) is 24.4. The van der Waals surface area contributed by atoms with Gasteiger partial charge in [0, 0.05) is 44.6 Å². The van der Waals surface area contributed by atoms with Crippen LogP contribution in [0.25, 0.3) is 22.2 Å². The van der Waals surface area contributed by atoms with Crippen molar-refractivity contribution in [3.05, 3.63) is 54.7 Å². The number of pyridine rings is 2. The summed E-state index contributed by atoms with van der Waals surface area (Å²) in [7, 11) is 1.81. The molecule has 5 rings (SSSR count). The highest BCUT2D eigenvalue weighted by Crippen LogP contribution is 2.33. The van der Waals surface area contributed by atoms with Gasteiger partial charge in [0.1, 0.15) is 35.5 Å². The van der Waals surface area contributed by atoms with Crippen molar-refractivity contribution in [3.63, 3.8) is 0 Å². The summed E-state index contributed by atoms with van der Waals surface area (Å²) in [4.78, 5) is 22.5. The smallest absolute Gasteiger partial charge is 0.373 e. The second-order valence-electron chi connectivity index (χ2n) is 8.16. The average molecular weight is 484 g/mol. The van der Waals surface area contributed by atoms with Crippen LogP contribution in [0.1, 0.15) is 5.69 Å². The number of piperazine rings is 1. The Morgan fingerprint density at radius 1 is 1.17 bits per heavy atom. The van der Waals surface area contributed by atoms with Crippen molar-refractivity contribution in [1.82, 2.24) is 30.2 Å². The van der Waals surface area contributed by atoms with E-state index < -0.39 is 12.2 Å². The fourth-order valence-electron chi connectivity index (χ4n) is 4.15. The summed E-state index contributed by atoms with van der Waals surface area (Å²) in [5, 5.41) is 9.71. The topological polar surface area (TPSA) is 107 Å². The molecule has 1 aliphatic heterocycles. The van der Waals surface area contributed by atoms with Gasteiger partial charge < -0.3 is 25.8 Å². The molecule has 0 bridgehead atoms. The summed E-state index contributed by atoms with van der Waals surface area (Å²) in [6, 6.07) is 7.64. The minimum atomic E-state index is -4.30. The fourth-order valence-corrected chi connectivity index (χ4v) is 4.15. The van der Waals surface area contributed by atoms with E-state index in [9.17, 15) is 13.2 Å². The molecule has 0 amide bonds. The highest BCUT2D eigenvalue weighted by Gasteiger charge is 2.42. The van der Waals surface area contributed by atoms with Crippen molar-refractivity contribution in [1.29, 1.82) is 0 Å². The number of H-pyrrole nitrogens is 1. The number of aromatic amines is 1. The van der Waals surface area contributed by atoms with Crippen LogP contribution in [0, 0.1) is 0 Å². The molecule has 0 aliphatic carbocycles. The molecule has 35 heavy (non-hydrogen) atoms. The second-order valence-corrected chi connectivity index (χ2v) is 8.16. The highest BCUT2D eigenvalue weighted by atomic mass is 19.4. The van der Waals surface area contributed by atoms with Gasteiger partial charge in [0.25, 0.3) is 0 Å². The molecule has 0 saturated carbocycles. The summed E-state index contributed by atoms with van der Waals surface area (Å²) in [5.74, 6) is 1.89. The Kier molecular flexibility index (Phi) is 6.12. The zero-order valence-electron chi connectivity index (χ0n) is 18.9. The van der Waals surface area contributed by atoms with Crippen molar-refractivity contribution >= 4 is 28.5 Å². The first-order valence-corrected chi connectivity index (χ1v) is 11.1. The van der Waals surface area contributed by atoms with Gasteiger partial charge in [0.2, 0.25) is 0 Å². The number of halogens is 3. The van der Waals surface area contributed by atoms with Gasteiger partial charge in [-0.2, -0.15) is 13.2 Å². The Hall–Kier alpha value is -3.93. The number of nitrogens with zero attached hydrogens (tertiary/aromatic N) is 5. The van der Waals surface area contributed by atoms with Crippen molar-refractivity contribution in [2.24, 2.45) is 0 Å². The minimum Gasteiger partial charge on any atom is -0.373 e. The van der Waals surface area contributed by atoms with Gasteiger partial charge in [-0.25, -0.2) is 19.9 Å². The lowest BCUT2D eigenvalue weighted by Gasteiger charge is -2.35. The third-order valence-corrected chi connectivity index (χ3v) is 5.92. The molecule has 1 unspecified atom stereocenters. The van der Waals surface area contributed by atoms with Crippen molar-refractivity contribution < 1.29 is 13.2 Å². The first-order chi connectivity index (χ1) is 16.9. The fraction of sp³-hybridized carbons (Fsp3) is 0.304. The van der Waals surface area contributed by atoms with Gasteiger partial charge in [0.05, 0.1) is 17.6 Å². The standard InChI is InChI=1S/C23H24F3N9/c1-27-18-9-14(5-6-29-18)16-11-31-22-20(16)21(32-13-33-22)30-10-15-3-2-4-19(34-15)35-8-7-28-17(12-35)23(24,25)26/h2-6,9,11,13,17,28H,7-8,10,12H2,1H3,(H,27,29)(H2,30,31,32,33). The van der Waals surface area contributed by atoms with Crippen molar-refractivity contribution in [3.8, 4) is 11.1 Å². The van der Waals surface area contributed by atoms with Crippen LogP contribution >= 0.6 is 0 Å². The van der Waals surface area contributed by atoms with E-state index in [1.807, 2.05) is 31.4 Å². The van der Waals surface area contributed by atoms with Gasteiger partial charge in [-0.3, -0.25) is 0 Å². The maximum Gasteiger partial charge on any atom is 0.405 e. The van der Waals surface area contributed by atoms with Crippen LogP contribution in [0.2, 0.25) is 0 Å². The molecule has 1 atom stereocenters. The number of nitrogens with one attached hydrogen (secondary N) is 4. The first-order valence-electron chi connectivity index (χ1n) is 11.1. The van der Waals surface area contributed by atoms with Crippen LogP contribution in [0.5, 0.6) is 0 Å². The van der Waals surface area contributed by atoms with E-state index >= 15 is 0 Å². The van der Waals surface area contributed by atoms with E-state index in [-0.39, 0.29) is 13.1 Å². The molecule has 4 aromatic heterocycles. The molecule has 4 aromatic rings. The van der Waals surface area contributed by atoms with Crippen LogP contribution in [0.3, 0.4) is 0 Å². The van der Waals surface area contributed by atoms with Crippen LogP contribution in [0.15, 0.2) is 49.1 Å². The van der Waals surface area contributed by atoms with E-state index in [0.29, 0.717) is 36.1 Å². The monoisotopic (exact) mass is 483 g/mol. The molecule has 182 valence electrons. The number of fused-ring (bicyclic) bond motifs is 1. The third-order valence-electron chi connectivity index (χ3n) is 5.92. The number of hydrogen-bond donors (Lipinski definition) is 4. The van der Waals surface area contributed by atoms with E-state index in [1.165, 1.54) is 6.33 Å². The molecule has 1 fully saturated rings. The van der Waals surface area contributed by atoms with E-state index in [1.54, 1.807) is 23.2 Å². The van der Waals surface area contributed by atoms with Crippen molar-refractivity contribution in [2.45, 2.75) is 18.8 Å². The second kappa shape index (κ2) is 9.37. The number of rotatable bonds is 6. The third kappa shape index (κ3) is 4.83. The number of hydrogen-bond acceptors (Lipinski definition) is 8. The molecule has 0 radical (unpaired) electrons. The van der Waals surface area contributed by atoms with E-state index in [4.69, 9.17) is 0 Å². The zero-order valence-corrected chi connectivity index (χ0v) is 18.9. The van der Waals surface area contributed by atoms with Gasteiger partial charge >= 0.3 is 6.18 Å². The Morgan fingerprint density at radius 2 is 2.06 bits per heavy atom. The van der Waals surface area contributed by atoms with Gasteiger partial charge in [-0.05, 0) is 29.8 Å². The lowest BCUT2D eigenvalue weighted by atomic mass is 10.1. The van der Waals surface area contributed by atoms with Crippen LogP contribution in [-0.2, 0) is 6.54 Å².